The minimum absolute atomic E-state index is 0.555. The van der Waals surface area contributed by atoms with Crippen LogP contribution in [-0.4, -0.2) is 24.6 Å². The summed E-state index contributed by atoms with van der Waals surface area (Å²) >= 11 is 0. The molecule has 0 spiro atoms. The lowest BCUT2D eigenvalue weighted by molar-refractivity contribution is 0.650. The summed E-state index contributed by atoms with van der Waals surface area (Å²) in [6.45, 7) is 9.56. The van der Waals surface area contributed by atoms with E-state index in [1.54, 1.807) is 12.3 Å². The second kappa shape index (κ2) is 13.4. The molecule has 0 aliphatic heterocycles. The van der Waals surface area contributed by atoms with E-state index in [4.69, 9.17) is 0 Å². The molecule has 0 radical (unpaired) electrons. The molecule has 0 rings (SSSR count). The highest BCUT2D eigenvalue weighted by Gasteiger charge is 2.31. The summed E-state index contributed by atoms with van der Waals surface area (Å²) in [5.41, 5.74) is 0. The highest BCUT2D eigenvalue weighted by atomic mass is 31.2. The molecule has 0 aromatic rings. The molecule has 0 unspecified atom stereocenters. The average molecular weight is 287 g/mol. The van der Waals surface area contributed by atoms with Crippen molar-refractivity contribution in [1.82, 2.24) is 0 Å². The molecule has 0 saturated carbocycles. The Hall–Kier alpha value is 0.430. The van der Waals surface area contributed by atoms with Crippen LogP contribution in [0, 0.1) is 0 Å². The maximum absolute atomic E-state index is 2.47. The maximum atomic E-state index is 2.47. The van der Waals surface area contributed by atoms with Gasteiger partial charge >= 0.3 is 0 Å². The van der Waals surface area contributed by atoms with Gasteiger partial charge in [-0.1, -0.05) is 52.4 Å². The molecule has 0 aromatic heterocycles. The van der Waals surface area contributed by atoms with Crippen LogP contribution in [0.2, 0.25) is 0 Å². The third-order valence-electron chi connectivity index (χ3n) is 4.81. The third kappa shape index (κ3) is 9.89. The smallest absolute Gasteiger partial charge is 0.0594 e. The van der Waals surface area contributed by atoms with Crippen molar-refractivity contribution < 1.29 is 0 Å². The summed E-state index contributed by atoms with van der Waals surface area (Å²) in [7, 11) is -0.555. The lowest BCUT2D eigenvalue weighted by atomic mass is 10.2. The van der Waals surface area contributed by atoms with Gasteiger partial charge in [-0.3, -0.25) is 0 Å². The van der Waals surface area contributed by atoms with Crippen molar-refractivity contribution in [3.8, 4) is 0 Å². The van der Waals surface area contributed by atoms with E-state index in [9.17, 15) is 0 Å². The van der Waals surface area contributed by atoms with Gasteiger partial charge in [0.1, 0.15) is 0 Å². The van der Waals surface area contributed by atoms with E-state index in [1.807, 2.05) is 0 Å². The molecule has 19 heavy (non-hydrogen) atoms. The van der Waals surface area contributed by atoms with Crippen LogP contribution < -0.4 is 0 Å². The molecule has 0 aliphatic rings. The molecule has 0 aliphatic carbocycles. The minimum atomic E-state index is -0.555. The average Bonchev–Trinajstić information content (AvgIpc) is 2.45. The molecular formula is C18H40P+. The van der Waals surface area contributed by atoms with Crippen molar-refractivity contribution in [2.45, 2.75) is 91.9 Å². The number of rotatable bonds is 14. The molecular weight excluding hydrogens is 247 g/mol. The second-order valence-corrected chi connectivity index (χ2v) is 11.1. The molecule has 0 aromatic carbocycles. The molecule has 116 valence electrons. The minimum Gasteiger partial charge on any atom is -0.0654 e. The summed E-state index contributed by atoms with van der Waals surface area (Å²) in [5.74, 6) is 0. The fourth-order valence-corrected chi connectivity index (χ4v) is 6.79. The Labute approximate surface area is 124 Å². The van der Waals surface area contributed by atoms with Crippen LogP contribution in [0.4, 0.5) is 0 Å². The van der Waals surface area contributed by atoms with Crippen molar-refractivity contribution >= 4 is 7.26 Å². The van der Waals surface area contributed by atoms with E-state index in [0.717, 1.165) is 0 Å². The lowest BCUT2D eigenvalue weighted by Crippen LogP contribution is -2.09. The number of hydrogen-bond acceptors (Lipinski definition) is 0. The molecule has 0 saturated heterocycles. The zero-order valence-corrected chi connectivity index (χ0v) is 15.2. The summed E-state index contributed by atoms with van der Waals surface area (Å²) in [4.78, 5) is 0. The highest BCUT2D eigenvalue weighted by molar-refractivity contribution is 7.75. The van der Waals surface area contributed by atoms with E-state index in [0.29, 0.717) is 0 Å². The van der Waals surface area contributed by atoms with Crippen LogP contribution in [0.5, 0.6) is 0 Å². The van der Waals surface area contributed by atoms with E-state index >= 15 is 0 Å². The van der Waals surface area contributed by atoms with Crippen LogP contribution in [0.1, 0.15) is 91.9 Å². The predicted molar refractivity (Wildman–Crippen MR) is 95.3 cm³/mol. The lowest BCUT2D eigenvalue weighted by Gasteiger charge is -2.25. The van der Waals surface area contributed by atoms with Gasteiger partial charge in [-0.2, -0.15) is 0 Å². The molecule has 0 fully saturated rings. The molecule has 0 heterocycles. The topological polar surface area (TPSA) is 0 Å². The maximum Gasteiger partial charge on any atom is 0.0594 e. The molecule has 0 nitrogen and oxygen atoms in total. The van der Waals surface area contributed by atoms with E-state index in [2.05, 4.69) is 27.7 Å². The predicted octanol–water partition coefficient (Wildman–Crippen LogP) is 6.98. The fraction of sp³-hybridized carbons (Fsp3) is 1.00. The Balaban J connectivity index is 3.83. The number of hydrogen-bond donors (Lipinski definition) is 0. The monoisotopic (exact) mass is 287 g/mol. The first-order chi connectivity index (χ1) is 9.24. The summed E-state index contributed by atoms with van der Waals surface area (Å²) in [5, 5.41) is 0. The zero-order chi connectivity index (χ0) is 14.4. The van der Waals surface area contributed by atoms with Gasteiger partial charge in [-0.05, 0) is 39.5 Å². The van der Waals surface area contributed by atoms with Crippen LogP contribution >= 0.6 is 7.26 Å². The Kier molecular flexibility index (Phi) is 13.7. The SMILES string of the molecule is CCCCCCC[P+](CC)(CC)CCCCCCC. The second-order valence-electron chi connectivity index (χ2n) is 6.25. The van der Waals surface area contributed by atoms with Gasteiger partial charge in [0.25, 0.3) is 0 Å². The molecule has 0 amide bonds. The number of unbranched alkanes of at least 4 members (excludes halogenated alkanes) is 8. The van der Waals surface area contributed by atoms with Crippen molar-refractivity contribution in [3.05, 3.63) is 0 Å². The van der Waals surface area contributed by atoms with Gasteiger partial charge in [0.05, 0.1) is 24.6 Å². The largest absolute Gasteiger partial charge is 0.0654 e. The van der Waals surface area contributed by atoms with Gasteiger partial charge in [0, 0.05) is 7.26 Å². The molecule has 0 N–H and O–H groups in total. The van der Waals surface area contributed by atoms with Crippen molar-refractivity contribution in [2.75, 3.05) is 24.6 Å². The normalized spacial score (nSPS) is 12.0. The first kappa shape index (κ1) is 19.4. The van der Waals surface area contributed by atoms with Crippen molar-refractivity contribution in [2.24, 2.45) is 0 Å². The molecule has 0 atom stereocenters. The fourth-order valence-electron chi connectivity index (χ4n) is 3.07. The van der Waals surface area contributed by atoms with Crippen LogP contribution in [0.15, 0.2) is 0 Å². The van der Waals surface area contributed by atoms with Crippen LogP contribution in [-0.2, 0) is 0 Å². The quantitative estimate of drug-likeness (QED) is 0.239. The van der Waals surface area contributed by atoms with E-state index in [-0.39, 0.29) is 0 Å². The van der Waals surface area contributed by atoms with Crippen LogP contribution in [0.25, 0.3) is 0 Å². The van der Waals surface area contributed by atoms with Crippen LogP contribution in [0.3, 0.4) is 0 Å². The van der Waals surface area contributed by atoms with Gasteiger partial charge in [0.2, 0.25) is 0 Å². The van der Waals surface area contributed by atoms with Crippen molar-refractivity contribution in [1.29, 1.82) is 0 Å². The van der Waals surface area contributed by atoms with Gasteiger partial charge < -0.3 is 0 Å². The summed E-state index contributed by atoms with van der Waals surface area (Å²) < 4.78 is 0. The molecule has 0 bridgehead atoms. The summed E-state index contributed by atoms with van der Waals surface area (Å²) in [6.07, 6.45) is 20.8. The Morgan fingerprint density at radius 2 is 0.842 bits per heavy atom. The Morgan fingerprint density at radius 3 is 1.16 bits per heavy atom. The summed E-state index contributed by atoms with van der Waals surface area (Å²) in [6, 6.07) is 0. The standard InChI is InChI=1S/C18H40P/c1-5-9-11-13-15-17-19(7-3,8-4)18-16-14-12-10-6-2/h5-18H2,1-4H3/q+1. The highest BCUT2D eigenvalue weighted by Crippen LogP contribution is 2.59. The zero-order valence-electron chi connectivity index (χ0n) is 14.3. The van der Waals surface area contributed by atoms with Crippen molar-refractivity contribution in [3.63, 3.8) is 0 Å². The first-order valence-electron chi connectivity index (χ1n) is 9.09. The molecule has 1 heteroatoms. The van der Waals surface area contributed by atoms with Gasteiger partial charge in [0.15, 0.2) is 0 Å². The van der Waals surface area contributed by atoms with Gasteiger partial charge in [-0.15, -0.1) is 0 Å². The van der Waals surface area contributed by atoms with E-state index < -0.39 is 7.26 Å². The third-order valence-corrected chi connectivity index (χ3v) is 10.0. The first-order valence-corrected chi connectivity index (χ1v) is 11.6. The van der Waals surface area contributed by atoms with Gasteiger partial charge in [-0.25, -0.2) is 0 Å². The Morgan fingerprint density at radius 1 is 0.474 bits per heavy atom. The Bertz CT molecular complexity index is 157. The van der Waals surface area contributed by atoms with E-state index in [1.165, 1.54) is 76.5 Å².